The summed E-state index contributed by atoms with van der Waals surface area (Å²) in [4.78, 5) is 12.3. The SMILES string of the molecule is CCc1ccc(C(=O)c2ccc(F)cc2I)cc1. The van der Waals surface area contributed by atoms with Gasteiger partial charge in [0, 0.05) is 14.7 Å². The van der Waals surface area contributed by atoms with Gasteiger partial charge in [0.2, 0.25) is 0 Å². The van der Waals surface area contributed by atoms with Crippen LogP contribution in [-0.2, 0) is 6.42 Å². The summed E-state index contributed by atoms with van der Waals surface area (Å²) in [6.07, 6.45) is 0.947. The van der Waals surface area contributed by atoms with Crippen molar-refractivity contribution in [3.8, 4) is 0 Å². The van der Waals surface area contributed by atoms with E-state index in [-0.39, 0.29) is 11.6 Å². The van der Waals surface area contributed by atoms with Crippen LogP contribution < -0.4 is 0 Å². The third-order valence-corrected chi connectivity index (χ3v) is 3.69. The molecule has 0 N–H and O–H groups in total. The Morgan fingerprint density at radius 3 is 2.39 bits per heavy atom. The van der Waals surface area contributed by atoms with Crippen LogP contribution in [0.3, 0.4) is 0 Å². The molecule has 92 valence electrons. The quantitative estimate of drug-likeness (QED) is 0.596. The normalized spacial score (nSPS) is 10.4. The molecule has 0 radical (unpaired) electrons. The van der Waals surface area contributed by atoms with E-state index >= 15 is 0 Å². The fraction of sp³-hybridized carbons (Fsp3) is 0.133. The van der Waals surface area contributed by atoms with Crippen molar-refractivity contribution in [1.29, 1.82) is 0 Å². The average molecular weight is 354 g/mol. The molecule has 0 aliphatic heterocycles. The molecule has 1 nitrogen and oxygen atoms in total. The van der Waals surface area contributed by atoms with E-state index in [1.807, 2.05) is 46.9 Å². The Balaban J connectivity index is 2.35. The largest absolute Gasteiger partial charge is 0.289 e. The summed E-state index contributed by atoms with van der Waals surface area (Å²) in [5, 5.41) is 0. The van der Waals surface area contributed by atoms with Crippen molar-refractivity contribution < 1.29 is 9.18 Å². The zero-order valence-corrected chi connectivity index (χ0v) is 12.1. The van der Waals surface area contributed by atoms with Gasteiger partial charge < -0.3 is 0 Å². The molecule has 0 saturated carbocycles. The molecule has 0 aliphatic rings. The molecule has 18 heavy (non-hydrogen) atoms. The monoisotopic (exact) mass is 354 g/mol. The first kappa shape index (κ1) is 13.2. The van der Waals surface area contributed by atoms with Gasteiger partial charge in [-0.2, -0.15) is 0 Å². The lowest BCUT2D eigenvalue weighted by atomic mass is 10.0. The summed E-state index contributed by atoms with van der Waals surface area (Å²) in [6.45, 7) is 2.07. The van der Waals surface area contributed by atoms with E-state index in [0.29, 0.717) is 14.7 Å². The molecule has 2 aromatic rings. The smallest absolute Gasteiger partial charge is 0.194 e. The first-order valence-electron chi connectivity index (χ1n) is 5.70. The first-order valence-corrected chi connectivity index (χ1v) is 6.78. The maximum atomic E-state index is 13.0. The topological polar surface area (TPSA) is 17.1 Å². The van der Waals surface area contributed by atoms with Crippen LogP contribution in [0.2, 0.25) is 0 Å². The number of hydrogen-bond acceptors (Lipinski definition) is 1. The second-order valence-electron chi connectivity index (χ2n) is 4.00. The second kappa shape index (κ2) is 5.61. The molecule has 3 heteroatoms. The van der Waals surface area contributed by atoms with Gasteiger partial charge in [-0.1, -0.05) is 31.2 Å². The lowest BCUT2D eigenvalue weighted by Crippen LogP contribution is -2.04. The summed E-state index contributed by atoms with van der Waals surface area (Å²) in [5.74, 6) is -0.390. The van der Waals surface area contributed by atoms with Crippen molar-refractivity contribution in [2.45, 2.75) is 13.3 Å². The summed E-state index contributed by atoms with van der Waals surface area (Å²) < 4.78 is 13.6. The van der Waals surface area contributed by atoms with Crippen molar-refractivity contribution in [3.05, 3.63) is 68.5 Å². The van der Waals surface area contributed by atoms with Crippen LogP contribution in [0.25, 0.3) is 0 Å². The highest BCUT2D eigenvalue weighted by atomic mass is 127. The maximum absolute atomic E-state index is 13.0. The van der Waals surface area contributed by atoms with Crippen molar-refractivity contribution in [2.24, 2.45) is 0 Å². The van der Waals surface area contributed by atoms with Gasteiger partial charge in [0.05, 0.1) is 0 Å². The zero-order chi connectivity index (χ0) is 13.1. The molecule has 0 fully saturated rings. The number of benzene rings is 2. The first-order chi connectivity index (χ1) is 8.61. The van der Waals surface area contributed by atoms with Crippen molar-refractivity contribution in [1.82, 2.24) is 0 Å². The van der Waals surface area contributed by atoms with E-state index in [1.54, 1.807) is 0 Å². The predicted octanol–water partition coefficient (Wildman–Crippen LogP) is 4.22. The molecule has 0 atom stereocenters. The molecule has 0 aliphatic carbocycles. The fourth-order valence-electron chi connectivity index (χ4n) is 1.72. The molecule has 0 amide bonds. The third kappa shape index (κ3) is 2.77. The molecule has 0 unspecified atom stereocenters. The minimum atomic E-state index is -0.322. The Kier molecular flexibility index (Phi) is 4.11. The Morgan fingerprint density at radius 1 is 1.17 bits per heavy atom. The Hall–Kier alpha value is -1.23. The Bertz CT molecular complexity index is 576. The molecule has 2 aromatic carbocycles. The van der Waals surface area contributed by atoms with Crippen LogP contribution in [0.1, 0.15) is 28.4 Å². The van der Waals surface area contributed by atoms with Crippen LogP contribution in [0.4, 0.5) is 4.39 Å². The fourth-order valence-corrected chi connectivity index (χ4v) is 2.44. The van der Waals surface area contributed by atoms with Crippen LogP contribution in [0.15, 0.2) is 42.5 Å². The Labute approximate surface area is 119 Å². The highest BCUT2D eigenvalue weighted by molar-refractivity contribution is 14.1. The molecule has 2 rings (SSSR count). The molecule has 0 saturated heterocycles. The number of carbonyl (C=O) groups is 1. The minimum Gasteiger partial charge on any atom is -0.289 e. The number of aryl methyl sites for hydroxylation is 1. The molecule has 0 bridgehead atoms. The molecule has 0 heterocycles. The predicted molar refractivity (Wildman–Crippen MR) is 78.4 cm³/mol. The van der Waals surface area contributed by atoms with Gasteiger partial charge in [-0.3, -0.25) is 4.79 Å². The molecular weight excluding hydrogens is 342 g/mol. The van der Waals surface area contributed by atoms with Crippen LogP contribution >= 0.6 is 22.6 Å². The molecule has 0 aromatic heterocycles. The number of hydrogen-bond donors (Lipinski definition) is 0. The number of ketones is 1. The maximum Gasteiger partial charge on any atom is 0.194 e. The van der Waals surface area contributed by atoms with Crippen LogP contribution in [0, 0.1) is 9.39 Å². The standard InChI is InChI=1S/C15H12FIO/c1-2-10-3-5-11(6-4-10)15(18)13-8-7-12(16)9-14(13)17/h3-9H,2H2,1H3. The van der Waals surface area contributed by atoms with Crippen molar-refractivity contribution in [2.75, 3.05) is 0 Å². The zero-order valence-electron chi connectivity index (χ0n) is 9.91. The summed E-state index contributed by atoms with van der Waals surface area (Å²) in [7, 11) is 0. The van der Waals surface area contributed by atoms with E-state index in [1.165, 1.54) is 23.8 Å². The second-order valence-corrected chi connectivity index (χ2v) is 5.17. The number of rotatable bonds is 3. The summed E-state index contributed by atoms with van der Waals surface area (Å²) in [6, 6.07) is 11.8. The minimum absolute atomic E-state index is 0.0675. The highest BCUT2D eigenvalue weighted by Crippen LogP contribution is 2.18. The van der Waals surface area contributed by atoms with E-state index < -0.39 is 0 Å². The van der Waals surface area contributed by atoms with Crippen LogP contribution in [-0.4, -0.2) is 5.78 Å². The van der Waals surface area contributed by atoms with Gasteiger partial charge in [-0.05, 0) is 52.8 Å². The van der Waals surface area contributed by atoms with Gasteiger partial charge in [-0.25, -0.2) is 4.39 Å². The van der Waals surface area contributed by atoms with E-state index in [4.69, 9.17) is 0 Å². The third-order valence-electron chi connectivity index (χ3n) is 2.80. The van der Waals surface area contributed by atoms with Crippen LogP contribution in [0.5, 0.6) is 0 Å². The average Bonchev–Trinajstić information content (AvgIpc) is 2.38. The molecule has 0 spiro atoms. The highest BCUT2D eigenvalue weighted by Gasteiger charge is 2.12. The van der Waals surface area contributed by atoms with Gasteiger partial charge in [-0.15, -0.1) is 0 Å². The van der Waals surface area contributed by atoms with Gasteiger partial charge >= 0.3 is 0 Å². The van der Waals surface area contributed by atoms with Gasteiger partial charge in [0.1, 0.15) is 5.82 Å². The van der Waals surface area contributed by atoms with Crippen molar-refractivity contribution in [3.63, 3.8) is 0 Å². The molecular formula is C15H12FIO. The van der Waals surface area contributed by atoms with Gasteiger partial charge in [0.25, 0.3) is 0 Å². The lowest BCUT2D eigenvalue weighted by Gasteiger charge is -2.05. The van der Waals surface area contributed by atoms with E-state index in [9.17, 15) is 9.18 Å². The van der Waals surface area contributed by atoms with E-state index in [2.05, 4.69) is 6.92 Å². The number of halogens is 2. The van der Waals surface area contributed by atoms with Gasteiger partial charge in [0.15, 0.2) is 5.78 Å². The number of carbonyl (C=O) groups excluding carboxylic acids is 1. The Morgan fingerprint density at radius 2 is 1.83 bits per heavy atom. The van der Waals surface area contributed by atoms with Crippen molar-refractivity contribution >= 4 is 28.4 Å². The van der Waals surface area contributed by atoms with E-state index in [0.717, 1.165) is 6.42 Å². The summed E-state index contributed by atoms with van der Waals surface area (Å²) >= 11 is 1.98. The summed E-state index contributed by atoms with van der Waals surface area (Å²) in [5.41, 5.74) is 2.37. The lowest BCUT2D eigenvalue weighted by molar-refractivity contribution is 0.103.